The Bertz CT molecular complexity index is 429. The van der Waals surface area contributed by atoms with Gasteiger partial charge in [-0.05, 0) is 30.0 Å². The van der Waals surface area contributed by atoms with Crippen LogP contribution in [0.2, 0.25) is 0 Å². The van der Waals surface area contributed by atoms with E-state index < -0.39 is 0 Å². The summed E-state index contributed by atoms with van der Waals surface area (Å²) in [7, 11) is 0. The van der Waals surface area contributed by atoms with Crippen molar-refractivity contribution in [2.24, 2.45) is 5.41 Å². The van der Waals surface area contributed by atoms with Crippen LogP contribution in [0.3, 0.4) is 0 Å². The lowest BCUT2D eigenvalue weighted by molar-refractivity contribution is 0.213. The minimum Gasteiger partial charge on any atom is -0.489 e. The molecule has 0 heterocycles. The van der Waals surface area contributed by atoms with Crippen molar-refractivity contribution in [1.82, 2.24) is 5.32 Å². The summed E-state index contributed by atoms with van der Waals surface area (Å²) in [5, 5.41) is 3.39. The van der Waals surface area contributed by atoms with E-state index >= 15 is 0 Å². The first-order valence-electron chi connectivity index (χ1n) is 7.45. The van der Waals surface area contributed by atoms with Gasteiger partial charge in [0.1, 0.15) is 11.9 Å². The Kier molecular flexibility index (Phi) is 6.28. The number of rotatable bonds is 6. The van der Waals surface area contributed by atoms with Crippen molar-refractivity contribution in [3.05, 3.63) is 35.9 Å². The van der Waals surface area contributed by atoms with Crippen molar-refractivity contribution < 1.29 is 4.74 Å². The Balaban J connectivity index is 2.62. The highest BCUT2D eigenvalue weighted by Gasteiger charge is 2.06. The molecule has 0 aromatic heterocycles. The fourth-order valence-electron chi connectivity index (χ4n) is 1.71. The second kappa shape index (κ2) is 7.49. The van der Waals surface area contributed by atoms with E-state index in [9.17, 15) is 0 Å². The van der Waals surface area contributed by atoms with Gasteiger partial charge in [-0.15, -0.1) is 0 Å². The lowest BCUT2D eigenvalue weighted by atomic mass is 9.95. The van der Waals surface area contributed by atoms with Crippen LogP contribution in [0.4, 0.5) is 0 Å². The van der Waals surface area contributed by atoms with E-state index in [4.69, 9.17) is 4.74 Å². The van der Waals surface area contributed by atoms with Gasteiger partial charge in [-0.1, -0.05) is 58.9 Å². The first kappa shape index (κ1) is 16.8. The average molecular weight is 275 g/mol. The van der Waals surface area contributed by atoms with Crippen LogP contribution in [-0.2, 0) is 0 Å². The molecule has 2 nitrogen and oxygen atoms in total. The van der Waals surface area contributed by atoms with Gasteiger partial charge in [0.25, 0.3) is 0 Å². The Morgan fingerprint density at radius 2 is 1.90 bits per heavy atom. The van der Waals surface area contributed by atoms with Crippen molar-refractivity contribution in [2.75, 3.05) is 6.54 Å². The Morgan fingerprint density at radius 3 is 2.50 bits per heavy atom. The molecule has 1 aromatic rings. The molecule has 0 saturated heterocycles. The molecule has 0 unspecified atom stereocenters. The van der Waals surface area contributed by atoms with E-state index in [1.165, 1.54) is 5.56 Å². The fourth-order valence-corrected chi connectivity index (χ4v) is 1.71. The Hall–Kier alpha value is -1.28. The average Bonchev–Trinajstić information content (AvgIpc) is 2.34. The number of hydrogen-bond donors (Lipinski definition) is 1. The van der Waals surface area contributed by atoms with E-state index in [0.717, 1.165) is 12.3 Å². The topological polar surface area (TPSA) is 21.3 Å². The zero-order valence-corrected chi connectivity index (χ0v) is 13.7. The third-order valence-corrected chi connectivity index (χ3v) is 2.78. The fraction of sp³-hybridized carbons (Fsp3) is 0.556. The van der Waals surface area contributed by atoms with Crippen molar-refractivity contribution in [3.63, 3.8) is 0 Å². The van der Waals surface area contributed by atoms with Crippen LogP contribution in [0, 0.1) is 5.41 Å². The molecule has 0 radical (unpaired) electrons. The predicted octanol–water partition coefficient (Wildman–Crippen LogP) is 4.51. The van der Waals surface area contributed by atoms with Gasteiger partial charge in [0.15, 0.2) is 0 Å². The molecule has 0 saturated carbocycles. The highest BCUT2D eigenvalue weighted by Crippen LogP contribution is 2.20. The number of allylic oxidation sites excluding steroid dienone is 1. The highest BCUT2D eigenvalue weighted by atomic mass is 16.5. The summed E-state index contributed by atoms with van der Waals surface area (Å²) in [5.41, 5.74) is 1.38. The van der Waals surface area contributed by atoms with Gasteiger partial charge in [0.05, 0.1) is 0 Å². The monoisotopic (exact) mass is 275 g/mol. The van der Waals surface area contributed by atoms with Crippen LogP contribution in [0.1, 0.15) is 47.1 Å². The maximum Gasteiger partial charge on any atom is 0.120 e. The van der Waals surface area contributed by atoms with Crippen LogP contribution in [-0.4, -0.2) is 18.7 Å². The quantitative estimate of drug-likeness (QED) is 0.824. The van der Waals surface area contributed by atoms with Crippen molar-refractivity contribution >= 4 is 6.08 Å². The van der Waals surface area contributed by atoms with Crippen LogP contribution in [0.5, 0.6) is 5.75 Å². The molecule has 0 aliphatic rings. The smallest absolute Gasteiger partial charge is 0.120 e. The molecule has 1 aromatic carbocycles. The summed E-state index contributed by atoms with van der Waals surface area (Å²) in [4.78, 5) is 0. The summed E-state index contributed by atoms with van der Waals surface area (Å²) >= 11 is 0. The van der Waals surface area contributed by atoms with Crippen LogP contribution >= 0.6 is 0 Å². The molecular formula is C18H29NO. The second-order valence-corrected chi connectivity index (χ2v) is 6.76. The lowest BCUT2D eigenvalue weighted by Gasteiger charge is -2.17. The third-order valence-electron chi connectivity index (χ3n) is 2.78. The number of benzene rings is 1. The van der Waals surface area contributed by atoms with Gasteiger partial charge < -0.3 is 10.1 Å². The number of nitrogens with one attached hydrogen (secondary N) is 1. The molecule has 0 aliphatic carbocycles. The molecule has 0 spiro atoms. The van der Waals surface area contributed by atoms with Crippen molar-refractivity contribution in [1.29, 1.82) is 0 Å². The van der Waals surface area contributed by atoms with E-state index in [1.807, 2.05) is 12.1 Å². The van der Waals surface area contributed by atoms with E-state index in [1.54, 1.807) is 0 Å². The lowest BCUT2D eigenvalue weighted by Crippen LogP contribution is -2.33. The minimum absolute atomic E-state index is 0.166. The summed E-state index contributed by atoms with van der Waals surface area (Å²) in [6.07, 6.45) is 4.54. The maximum atomic E-state index is 5.94. The standard InChI is InChI=1S/C18H29NO/c1-14(2)19-13-15(3)20-17-9-7-8-16(12-17)10-11-18(4,5)6/h7-12,14-15,19H,13H2,1-6H3/b11-10+/t15-/m1/s1. The van der Waals surface area contributed by atoms with E-state index in [0.29, 0.717) is 6.04 Å². The van der Waals surface area contributed by atoms with Gasteiger partial charge in [-0.25, -0.2) is 0 Å². The van der Waals surface area contributed by atoms with Crippen LogP contribution in [0.25, 0.3) is 6.08 Å². The van der Waals surface area contributed by atoms with Crippen LogP contribution < -0.4 is 10.1 Å². The molecule has 20 heavy (non-hydrogen) atoms. The molecule has 0 aliphatic heterocycles. The Labute approximate surface area is 124 Å². The van der Waals surface area contributed by atoms with Gasteiger partial charge in [0.2, 0.25) is 0 Å². The third kappa shape index (κ3) is 7.34. The van der Waals surface area contributed by atoms with E-state index in [-0.39, 0.29) is 11.5 Å². The van der Waals surface area contributed by atoms with Gasteiger partial charge in [-0.2, -0.15) is 0 Å². The molecule has 1 atom stereocenters. The summed E-state index contributed by atoms with van der Waals surface area (Å²) in [5.74, 6) is 0.930. The molecule has 112 valence electrons. The molecule has 0 bridgehead atoms. The molecule has 1 rings (SSSR count). The summed E-state index contributed by atoms with van der Waals surface area (Å²) in [6.45, 7) is 13.8. The van der Waals surface area contributed by atoms with E-state index in [2.05, 4.69) is 71.1 Å². The zero-order valence-electron chi connectivity index (χ0n) is 13.7. The molecule has 2 heteroatoms. The molecule has 0 fully saturated rings. The van der Waals surface area contributed by atoms with Gasteiger partial charge in [0, 0.05) is 12.6 Å². The maximum absolute atomic E-state index is 5.94. The molecular weight excluding hydrogens is 246 g/mol. The summed E-state index contributed by atoms with van der Waals surface area (Å²) < 4.78 is 5.94. The highest BCUT2D eigenvalue weighted by molar-refractivity contribution is 5.52. The van der Waals surface area contributed by atoms with Gasteiger partial charge >= 0.3 is 0 Å². The normalized spacial score (nSPS) is 13.9. The summed E-state index contributed by atoms with van der Waals surface area (Å²) in [6, 6.07) is 8.74. The number of hydrogen-bond acceptors (Lipinski definition) is 2. The number of ether oxygens (including phenoxy) is 1. The molecule has 0 amide bonds. The largest absolute Gasteiger partial charge is 0.489 e. The van der Waals surface area contributed by atoms with Crippen molar-refractivity contribution in [3.8, 4) is 5.75 Å². The second-order valence-electron chi connectivity index (χ2n) is 6.76. The zero-order chi connectivity index (χ0) is 15.2. The molecule has 1 N–H and O–H groups in total. The first-order valence-corrected chi connectivity index (χ1v) is 7.45. The van der Waals surface area contributed by atoms with Crippen molar-refractivity contribution in [2.45, 2.75) is 53.7 Å². The predicted molar refractivity (Wildman–Crippen MR) is 88.2 cm³/mol. The minimum atomic E-state index is 0.166. The SMILES string of the molecule is CC(C)NC[C@@H](C)Oc1cccc(/C=C/C(C)(C)C)c1. The van der Waals surface area contributed by atoms with Crippen LogP contribution in [0.15, 0.2) is 30.3 Å². The van der Waals surface area contributed by atoms with Gasteiger partial charge in [-0.3, -0.25) is 0 Å². The first-order chi connectivity index (χ1) is 9.26. The Morgan fingerprint density at radius 1 is 1.20 bits per heavy atom.